The number of methoxy groups -OCH3 is 1. The number of carboxylic acid groups (broad SMARTS) is 1. The van der Waals surface area contributed by atoms with Crippen LogP contribution >= 0.6 is 11.8 Å². The average molecular weight is 302 g/mol. The molecule has 0 aliphatic heterocycles. The molecular formula is C17H18O3S. The molecule has 110 valence electrons. The first-order valence-electron chi connectivity index (χ1n) is 6.78. The summed E-state index contributed by atoms with van der Waals surface area (Å²) in [6, 6.07) is 13.7. The van der Waals surface area contributed by atoms with Gasteiger partial charge in [0.2, 0.25) is 0 Å². The van der Waals surface area contributed by atoms with Crippen LogP contribution in [0.2, 0.25) is 0 Å². The zero-order valence-electron chi connectivity index (χ0n) is 12.1. The lowest BCUT2D eigenvalue weighted by Crippen LogP contribution is -1.99. The minimum Gasteiger partial charge on any atom is -0.497 e. The molecule has 2 rings (SSSR count). The lowest BCUT2D eigenvalue weighted by atomic mass is 10.1. The maximum absolute atomic E-state index is 10.7. The normalized spacial score (nSPS) is 10.4. The van der Waals surface area contributed by atoms with Crippen molar-refractivity contribution in [3.63, 3.8) is 0 Å². The number of benzene rings is 2. The number of carbonyl (C=O) groups is 1. The van der Waals surface area contributed by atoms with E-state index in [9.17, 15) is 4.79 Å². The number of hydrogen-bond donors (Lipinski definition) is 1. The summed E-state index contributed by atoms with van der Waals surface area (Å²) in [7, 11) is 1.67. The van der Waals surface area contributed by atoms with Gasteiger partial charge in [0, 0.05) is 9.79 Å². The Bertz CT molecular complexity index is 620. The monoisotopic (exact) mass is 302 g/mol. The predicted molar refractivity (Wildman–Crippen MR) is 84.3 cm³/mol. The molecule has 0 amide bonds. The minimum atomic E-state index is -0.807. The molecule has 0 radical (unpaired) electrons. The van der Waals surface area contributed by atoms with Crippen LogP contribution in [0.1, 0.15) is 18.1 Å². The van der Waals surface area contributed by atoms with Crippen LogP contribution in [0.4, 0.5) is 0 Å². The second-order valence-electron chi connectivity index (χ2n) is 4.64. The summed E-state index contributed by atoms with van der Waals surface area (Å²) in [6.07, 6.45) is 1.00. The molecule has 0 fully saturated rings. The third-order valence-electron chi connectivity index (χ3n) is 3.16. The molecule has 0 heterocycles. The Kier molecular flexibility index (Phi) is 5.28. The lowest BCUT2D eigenvalue weighted by molar-refractivity contribution is -0.136. The van der Waals surface area contributed by atoms with Gasteiger partial charge in [0.1, 0.15) is 5.75 Å². The van der Waals surface area contributed by atoms with Gasteiger partial charge in [-0.15, -0.1) is 0 Å². The van der Waals surface area contributed by atoms with E-state index in [0.29, 0.717) is 0 Å². The SMILES string of the molecule is CCc1cc(OC)ccc1Sc1ccc(CC(=O)O)cc1. The quantitative estimate of drug-likeness (QED) is 0.875. The van der Waals surface area contributed by atoms with Crippen LogP contribution in [0, 0.1) is 0 Å². The van der Waals surface area contributed by atoms with Gasteiger partial charge in [0.05, 0.1) is 13.5 Å². The number of hydrogen-bond acceptors (Lipinski definition) is 3. The standard InChI is InChI=1S/C17H18O3S/c1-3-13-11-14(20-2)6-9-16(13)21-15-7-4-12(5-8-15)10-17(18)19/h4-9,11H,3,10H2,1-2H3,(H,18,19). The van der Waals surface area contributed by atoms with Crippen molar-refractivity contribution in [3.8, 4) is 5.75 Å². The molecule has 2 aromatic rings. The van der Waals surface area contributed by atoms with Gasteiger partial charge in [0.15, 0.2) is 0 Å². The van der Waals surface area contributed by atoms with Crippen molar-refractivity contribution in [2.24, 2.45) is 0 Å². The van der Waals surface area contributed by atoms with Crippen LogP contribution < -0.4 is 4.74 Å². The van der Waals surface area contributed by atoms with Crippen LogP contribution in [0.15, 0.2) is 52.3 Å². The van der Waals surface area contributed by atoms with E-state index in [1.807, 2.05) is 30.3 Å². The highest BCUT2D eigenvalue weighted by Crippen LogP contribution is 2.33. The highest BCUT2D eigenvalue weighted by Gasteiger charge is 2.06. The molecule has 0 saturated heterocycles. The Morgan fingerprint density at radius 1 is 1.19 bits per heavy atom. The Morgan fingerprint density at radius 3 is 2.48 bits per heavy atom. The number of ether oxygens (including phenoxy) is 1. The maximum atomic E-state index is 10.7. The Morgan fingerprint density at radius 2 is 1.90 bits per heavy atom. The van der Waals surface area contributed by atoms with E-state index in [1.54, 1.807) is 18.9 Å². The molecule has 0 unspecified atom stereocenters. The van der Waals surface area contributed by atoms with Crippen molar-refractivity contribution in [1.29, 1.82) is 0 Å². The number of carboxylic acids is 1. The topological polar surface area (TPSA) is 46.5 Å². The number of aryl methyl sites for hydroxylation is 1. The fraction of sp³-hybridized carbons (Fsp3) is 0.235. The molecule has 0 aliphatic carbocycles. The van der Waals surface area contributed by atoms with Gasteiger partial charge in [0.25, 0.3) is 0 Å². The molecule has 3 nitrogen and oxygen atoms in total. The van der Waals surface area contributed by atoms with Crippen molar-refractivity contribution in [3.05, 3.63) is 53.6 Å². The van der Waals surface area contributed by atoms with Crippen LogP contribution in [-0.4, -0.2) is 18.2 Å². The Balaban J connectivity index is 2.16. The fourth-order valence-corrected chi connectivity index (χ4v) is 3.03. The maximum Gasteiger partial charge on any atom is 0.307 e. The van der Waals surface area contributed by atoms with Gasteiger partial charge in [-0.2, -0.15) is 0 Å². The van der Waals surface area contributed by atoms with E-state index in [-0.39, 0.29) is 6.42 Å². The van der Waals surface area contributed by atoms with Crippen molar-refractivity contribution < 1.29 is 14.6 Å². The first-order chi connectivity index (χ1) is 10.1. The van der Waals surface area contributed by atoms with E-state index in [4.69, 9.17) is 9.84 Å². The molecule has 0 atom stereocenters. The van der Waals surface area contributed by atoms with E-state index >= 15 is 0 Å². The predicted octanol–water partition coefficient (Wildman–Crippen LogP) is 4.04. The fourth-order valence-electron chi connectivity index (χ4n) is 2.04. The van der Waals surface area contributed by atoms with Crippen molar-refractivity contribution >= 4 is 17.7 Å². The molecule has 4 heteroatoms. The summed E-state index contributed by atoms with van der Waals surface area (Å²) in [5.41, 5.74) is 2.06. The lowest BCUT2D eigenvalue weighted by Gasteiger charge is -2.10. The van der Waals surface area contributed by atoms with Gasteiger partial charge in [-0.25, -0.2) is 0 Å². The minimum absolute atomic E-state index is 0.0632. The van der Waals surface area contributed by atoms with Gasteiger partial charge in [-0.1, -0.05) is 30.8 Å². The highest BCUT2D eigenvalue weighted by atomic mass is 32.2. The summed E-state index contributed by atoms with van der Waals surface area (Å²) < 4.78 is 5.25. The first kappa shape index (κ1) is 15.4. The molecule has 21 heavy (non-hydrogen) atoms. The van der Waals surface area contributed by atoms with Crippen molar-refractivity contribution in [2.45, 2.75) is 29.6 Å². The summed E-state index contributed by atoms with van der Waals surface area (Å²) in [5.74, 6) is 0.0619. The van der Waals surface area contributed by atoms with Crippen molar-refractivity contribution in [2.75, 3.05) is 7.11 Å². The van der Waals surface area contributed by atoms with Gasteiger partial charge in [-0.3, -0.25) is 4.79 Å². The van der Waals surface area contributed by atoms with Gasteiger partial charge >= 0.3 is 5.97 Å². The second-order valence-corrected chi connectivity index (χ2v) is 5.76. The zero-order chi connectivity index (χ0) is 15.2. The molecule has 1 N–H and O–H groups in total. The second kappa shape index (κ2) is 7.18. The van der Waals surface area contributed by atoms with Crippen LogP contribution in [0.25, 0.3) is 0 Å². The Labute approximate surface area is 129 Å². The molecular weight excluding hydrogens is 284 g/mol. The van der Waals surface area contributed by atoms with Crippen LogP contribution in [-0.2, 0) is 17.6 Å². The third kappa shape index (κ3) is 4.26. The van der Waals surface area contributed by atoms with E-state index in [0.717, 1.165) is 22.6 Å². The van der Waals surface area contributed by atoms with Crippen LogP contribution in [0.3, 0.4) is 0 Å². The first-order valence-corrected chi connectivity index (χ1v) is 7.59. The van der Waals surface area contributed by atoms with E-state index < -0.39 is 5.97 Å². The molecule has 2 aromatic carbocycles. The largest absolute Gasteiger partial charge is 0.497 e. The van der Waals surface area contributed by atoms with E-state index in [1.165, 1.54) is 10.5 Å². The third-order valence-corrected chi connectivity index (χ3v) is 4.28. The summed E-state index contributed by atoms with van der Waals surface area (Å²) in [5, 5.41) is 8.77. The number of rotatable bonds is 6. The Hall–Kier alpha value is -1.94. The molecule has 0 saturated carbocycles. The molecule has 0 aliphatic rings. The molecule has 0 aromatic heterocycles. The van der Waals surface area contributed by atoms with Gasteiger partial charge in [-0.05, 0) is 47.9 Å². The van der Waals surface area contributed by atoms with Gasteiger partial charge < -0.3 is 9.84 Å². The summed E-state index contributed by atoms with van der Waals surface area (Å²) in [4.78, 5) is 13.0. The number of aliphatic carboxylic acids is 1. The molecule has 0 spiro atoms. The zero-order valence-corrected chi connectivity index (χ0v) is 12.9. The summed E-state index contributed by atoms with van der Waals surface area (Å²) in [6.45, 7) is 2.12. The van der Waals surface area contributed by atoms with E-state index in [2.05, 4.69) is 19.1 Å². The average Bonchev–Trinajstić information content (AvgIpc) is 2.49. The highest BCUT2D eigenvalue weighted by molar-refractivity contribution is 7.99. The smallest absolute Gasteiger partial charge is 0.307 e. The van der Waals surface area contributed by atoms with Crippen molar-refractivity contribution in [1.82, 2.24) is 0 Å². The van der Waals surface area contributed by atoms with Crippen LogP contribution in [0.5, 0.6) is 5.75 Å². The molecule has 0 bridgehead atoms. The summed E-state index contributed by atoms with van der Waals surface area (Å²) >= 11 is 1.68.